The van der Waals surface area contributed by atoms with E-state index in [4.69, 9.17) is 5.14 Å². The van der Waals surface area contributed by atoms with E-state index in [1.807, 2.05) is 0 Å². The second-order valence-electron chi connectivity index (χ2n) is 7.68. The van der Waals surface area contributed by atoms with Gasteiger partial charge in [0.2, 0.25) is 10.0 Å². The lowest BCUT2D eigenvalue weighted by Crippen LogP contribution is -2.75. The van der Waals surface area contributed by atoms with Gasteiger partial charge >= 0.3 is 57.1 Å². The SMILES string of the molecule is NS(=O)(=O)c1ccc(CCOS(=O)(=O)C(F)(F)C(F)(F)C(F)(F)C(F)(F)C(F)(F)C(F)(F)C(F)(F)C(F)(F)F)cc1. The molecule has 0 bridgehead atoms. The average Bonchev–Trinajstić information content (AvgIpc) is 2.77. The van der Waals surface area contributed by atoms with E-state index in [1.54, 1.807) is 0 Å². The van der Waals surface area contributed by atoms with Gasteiger partial charge in [-0.15, -0.1) is 0 Å². The fourth-order valence-corrected chi connectivity index (χ4v) is 3.90. The van der Waals surface area contributed by atoms with Crippen LogP contribution in [0.5, 0.6) is 0 Å². The molecule has 0 atom stereocenters. The molecule has 0 heterocycles. The Hall–Kier alpha value is -2.15. The van der Waals surface area contributed by atoms with Crippen molar-refractivity contribution in [3.63, 3.8) is 0 Å². The average molecular weight is 683 g/mol. The third kappa shape index (κ3) is 5.64. The molecule has 2 N–H and O–H groups in total. The van der Waals surface area contributed by atoms with Crippen LogP contribution in [0.3, 0.4) is 0 Å². The second kappa shape index (κ2) is 10.2. The molecule has 0 fully saturated rings. The maximum Gasteiger partial charge on any atom is 0.460 e. The van der Waals surface area contributed by atoms with Crippen LogP contribution in [0.25, 0.3) is 0 Å². The maximum atomic E-state index is 13.9. The highest BCUT2D eigenvalue weighted by Gasteiger charge is 2.96. The molecular weight excluding hydrogens is 673 g/mol. The number of halogens is 17. The van der Waals surface area contributed by atoms with Crippen molar-refractivity contribution in [2.24, 2.45) is 5.14 Å². The van der Waals surface area contributed by atoms with Crippen LogP contribution in [0.15, 0.2) is 29.2 Å². The molecule has 1 rings (SSSR count). The molecule has 1 aromatic carbocycles. The third-order valence-corrected chi connectivity index (χ3v) is 7.18. The first kappa shape index (κ1) is 36.9. The summed E-state index contributed by atoms with van der Waals surface area (Å²) in [6.45, 7) is -1.78. The lowest BCUT2D eigenvalue weighted by molar-refractivity contribution is -0.458. The summed E-state index contributed by atoms with van der Waals surface area (Å²) in [5.74, 6) is -52.2. The lowest BCUT2D eigenvalue weighted by atomic mass is 9.91. The fraction of sp³-hybridized carbons (Fsp3) is 0.625. The Morgan fingerprint density at radius 1 is 0.561 bits per heavy atom. The van der Waals surface area contributed by atoms with Gasteiger partial charge in [-0.2, -0.15) is 83.1 Å². The Morgan fingerprint density at radius 3 is 1.24 bits per heavy atom. The molecule has 0 aliphatic rings. The van der Waals surface area contributed by atoms with E-state index in [2.05, 4.69) is 4.18 Å². The predicted molar refractivity (Wildman–Crippen MR) is 97.1 cm³/mol. The van der Waals surface area contributed by atoms with Crippen LogP contribution in [-0.4, -0.2) is 70.4 Å². The van der Waals surface area contributed by atoms with Gasteiger partial charge in [-0.05, 0) is 24.1 Å². The van der Waals surface area contributed by atoms with Crippen molar-refractivity contribution < 1.29 is 95.7 Å². The van der Waals surface area contributed by atoms with Gasteiger partial charge in [-0.1, -0.05) is 12.1 Å². The molecule has 0 aromatic heterocycles. The molecule has 0 saturated heterocycles. The van der Waals surface area contributed by atoms with E-state index < -0.39 is 85.0 Å². The zero-order valence-electron chi connectivity index (χ0n) is 18.6. The van der Waals surface area contributed by atoms with Gasteiger partial charge in [0.05, 0.1) is 11.5 Å². The molecule has 0 unspecified atom stereocenters. The number of nitrogens with two attached hydrogens (primary N) is 1. The molecule has 25 heteroatoms. The van der Waals surface area contributed by atoms with Gasteiger partial charge in [-0.25, -0.2) is 13.6 Å². The summed E-state index contributed by atoms with van der Waals surface area (Å²) in [4.78, 5) is -0.584. The van der Waals surface area contributed by atoms with Gasteiger partial charge in [0.1, 0.15) is 0 Å². The number of sulfonamides is 1. The lowest BCUT2D eigenvalue weighted by Gasteiger charge is -2.42. The normalized spacial score (nSPS) is 15.8. The molecule has 0 aliphatic heterocycles. The first-order valence-electron chi connectivity index (χ1n) is 9.40. The first-order valence-corrected chi connectivity index (χ1v) is 12.4. The highest BCUT2D eigenvalue weighted by molar-refractivity contribution is 7.89. The van der Waals surface area contributed by atoms with Crippen molar-refractivity contribution in [3.05, 3.63) is 29.8 Å². The van der Waals surface area contributed by atoms with Crippen molar-refractivity contribution in [3.8, 4) is 0 Å². The number of benzene rings is 1. The van der Waals surface area contributed by atoms with Crippen LogP contribution < -0.4 is 5.14 Å². The number of primary sulfonamides is 1. The highest BCUT2D eigenvalue weighted by atomic mass is 32.2. The third-order valence-electron chi connectivity index (χ3n) is 4.89. The minimum Gasteiger partial charge on any atom is -0.265 e. The molecule has 240 valence electrons. The van der Waals surface area contributed by atoms with E-state index in [-0.39, 0.29) is 5.56 Å². The van der Waals surface area contributed by atoms with Crippen LogP contribution >= 0.6 is 0 Å². The summed E-state index contributed by atoms with van der Waals surface area (Å²) in [7, 11) is -12.0. The summed E-state index contributed by atoms with van der Waals surface area (Å²) in [6, 6.07) is 2.97. The number of alkyl halides is 17. The van der Waals surface area contributed by atoms with E-state index >= 15 is 0 Å². The van der Waals surface area contributed by atoms with Gasteiger partial charge in [-0.3, -0.25) is 4.18 Å². The molecule has 0 spiro atoms. The molecule has 0 amide bonds. The molecular formula is C16H10F17NO5S2. The van der Waals surface area contributed by atoms with Crippen LogP contribution in [0.4, 0.5) is 74.6 Å². The van der Waals surface area contributed by atoms with Crippen molar-refractivity contribution in [1.82, 2.24) is 0 Å². The zero-order valence-corrected chi connectivity index (χ0v) is 20.2. The Kier molecular flexibility index (Phi) is 9.21. The smallest absolute Gasteiger partial charge is 0.265 e. The Morgan fingerprint density at radius 2 is 0.902 bits per heavy atom. The summed E-state index contributed by atoms with van der Waals surface area (Å²) in [5, 5.41) is -3.04. The van der Waals surface area contributed by atoms with Crippen molar-refractivity contribution in [2.45, 2.75) is 58.3 Å². The van der Waals surface area contributed by atoms with Gasteiger partial charge in [0.25, 0.3) is 0 Å². The molecule has 0 saturated carbocycles. The van der Waals surface area contributed by atoms with Crippen LogP contribution in [0.1, 0.15) is 5.56 Å². The van der Waals surface area contributed by atoms with Crippen LogP contribution in [-0.2, 0) is 30.7 Å². The quantitative estimate of drug-likeness (QED) is 0.242. The molecule has 0 radical (unpaired) electrons. The largest absolute Gasteiger partial charge is 0.460 e. The molecule has 0 aliphatic carbocycles. The van der Waals surface area contributed by atoms with Crippen LogP contribution in [0.2, 0.25) is 0 Å². The van der Waals surface area contributed by atoms with Crippen molar-refractivity contribution >= 4 is 20.1 Å². The van der Waals surface area contributed by atoms with Gasteiger partial charge in [0, 0.05) is 0 Å². The Balaban J connectivity index is 3.41. The number of rotatable bonds is 12. The summed E-state index contributed by atoms with van der Waals surface area (Å²) in [5.41, 5.74) is -0.285. The van der Waals surface area contributed by atoms with Crippen molar-refractivity contribution in [2.75, 3.05) is 6.61 Å². The number of hydrogen-bond acceptors (Lipinski definition) is 5. The predicted octanol–water partition coefficient (Wildman–Crippen LogP) is 5.19. The Bertz CT molecular complexity index is 1320. The summed E-state index contributed by atoms with van der Waals surface area (Å²) in [6.07, 6.45) is -8.93. The second-order valence-corrected chi connectivity index (χ2v) is 10.9. The standard InChI is InChI=1S/C16H10F17NO5S2/c17-9(18,11(21,22)13(25,26)15(29,30)31)10(19,20)12(23,24)14(27,28)16(32,33)41(37,38)39-6-5-7-1-3-8(4-2-7)40(34,35)36/h1-4H,5-6H2,(H2,34,35,36). The van der Waals surface area contributed by atoms with Gasteiger partial charge < -0.3 is 0 Å². The topological polar surface area (TPSA) is 104 Å². The molecule has 41 heavy (non-hydrogen) atoms. The molecule has 1 aromatic rings. The summed E-state index contributed by atoms with van der Waals surface area (Å²) < 4.78 is 273. The van der Waals surface area contributed by atoms with E-state index in [0.29, 0.717) is 12.1 Å². The Labute approximate surface area is 216 Å². The maximum absolute atomic E-state index is 13.9. The summed E-state index contributed by atoms with van der Waals surface area (Å²) >= 11 is 0. The van der Waals surface area contributed by atoms with Crippen LogP contribution in [0, 0.1) is 0 Å². The monoisotopic (exact) mass is 683 g/mol. The fourth-order valence-electron chi connectivity index (χ4n) is 2.50. The van der Waals surface area contributed by atoms with Gasteiger partial charge in [0.15, 0.2) is 0 Å². The molecule has 6 nitrogen and oxygen atoms in total. The zero-order chi connectivity index (χ0) is 33.1. The number of hydrogen-bond donors (Lipinski definition) is 1. The van der Waals surface area contributed by atoms with Crippen molar-refractivity contribution in [1.29, 1.82) is 0 Å². The van der Waals surface area contributed by atoms with E-state index in [9.17, 15) is 91.5 Å². The van der Waals surface area contributed by atoms with E-state index in [0.717, 1.165) is 12.1 Å². The minimum atomic E-state index is -8.94. The van der Waals surface area contributed by atoms with E-state index in [1.165, 1.54) is 0 Å². The first-order chi connectivity index (χ1) is 17.7. The highest BCUT2D eigenvalue weighted by Crippen LogP contribution is 2.64. The minimum absolute atomic E-state index is 0.285.